The molecule has 1 aliphatic rings. The van der Waals surface area contributed by atoms with Crippen LogP contribution in [-0.4, -0.2) is 31.1 Å². The van der Waals surface area contributed by atoms with Crippen LogP contribution in [0.3, 0.4) is 0 Å². The third kappa shape index (κ3) is 3.88. The zero-order chi connectivity index (χ0) is 17.8. The Kier molecular flexibility index (Phi) is 4.83. The molecule has 1 unspecified atom stereocenters. The van der Waals surface area contributed by atoms with Crippen LogP contribution in [0.1, 0.15) is 6.42 Å². The first-order valence-electron chi connectivity index (χ1n) is 7.78. The quantitative estimate of drug-likeness (QED) is 0.898. The van der Waals surface area contributed by atoms with Crippen LogP contribution in [0.15, 0.2) is 48.5 Å². The average molecular weight is 344 g/mol. The van der Waals surface area contributed by atoms with Crippen molar-refractivity contribution in [1.82, 2.24) is 0 Å². The standard InChI is InChI=1S/C18H17FN2O4/c19-12-5-7-13(8-6-12)21(10-9-17(20)22)18(23)16-11-24-14-3-1-2-4-15(14)25-16/h1-8,16H,9-11H2,(H2,20,22). The highest BCUT2D eigenvalue weighted by atomic mass is 19.1. The van der Waals surface area contributed by atoms with Gasteiger partial charge in [-0.15, -0.1) is 0 Å². The highest BCUT2D eigenvalue weighted by Crippen LogP contribution is 2.31. The van der Waals surface area contributed by atoms with E-state index in [1.54, 1.807) is 18.2 Å². The molecule has 0 aliphatic carbocycles. The van der Waals surface area contributed by atoms with Gasteiger partial charge in [0.2, 0.25) is 12.0 Å². The minimum absolute atomic E-state index is 0.0206. The molecule has 0 saturated carbocycles. The number of hydrogen-bond donors (Lipinski definition) is 1. The Morgan fingerprint density at radius 1 is 1.12 bits per heavy atom. The molecule has 25 heavy (non-hydrogen) atoms. The van der Waals surface area contributed by atoms with Gasteiger partial charge < -0.3 is 20.1 Å². The minimum Gasteiger partial charge on any atom is -0.485 e. The Balaban J connectivity index is 1.81. The number of nitrogens with zero attached hydrogens (tertiary/aromatic N) is 1. The second-order valence-corrected chi connectivity index (χ2v) is 5.55. The van der Waals surface area contributed by atoms with Crippen molar-refractivity contribution in [1.29, 1.82) is 0 Å². The minimum atomic E-state index is -0.868. The van der Waals surface area contributed by atoms with E-state index in [-0.39, 0.29) is 25.5 Å². The lowest BCUT2D eigenvalue weighted by Crippen LogP contribution is -2.47. The average Bonchev–Trinajstić information content (AvgIpc) is 2.62. The largest absolute Gasteiger partial charge is 0.485 e. The molecule has 3 rings (SSSR count). The van der Waals surface area contributed by atoms with E-state index < -0.39 is 17.8 Å². The molecule has 2 amide bonds. The van der Waals surface area contributed by atoms with E-state index in [0.29, 0.717) is 17.2 Å². The molecule has 2 aromatic carbocycles. The van der Waals surface area contributed by atoms with Crippen LogP contribution in [-0.2, 0) is 9.59 Å². The number of anilines is 1. The van der Waals surface area contributed by atoms with E-state index in [4.69, 9.17) is 15.2 Å². The number of halogens is 1. The second kappa shape index (κ2) is 7.21. The molecule has 0 radical (unpaired) electrons. The highest BCUT2D eigenvalue weighted by molar-refractivity contribution is 5.97. The Hall–Kier alpha value is -3.09. The summed E-state index contributed by atoms with van der Waals surface area (Å²) in [7, 11) is 0. The van der Waals surface area contributed by atoms with Crippen molar-refractivity contribution in [3.63, 3.8) is 0 Å². The Morgan fingerprint density at radius 3 is 2.48 bits per heavy atom. The van der Waals surface area contributed by atoms with Gasteiger partial charge in [-0.05, 0) is 36.4 Å². The third-order valence-corrected chi connectivity index (χ3v) is 3.77. The summed E-state index contributed by atoms with van der Waals surface area (Å²) >= 11 is 0. The van der Waals surface area contributed by atoms with E-state index in [9.17, 15) is 14.0 Å². The summed E-state index contributed by atoms with van der Waals surface area (Å²) < 4.78 is 24.4. The Morgan fingerprint density at radius 2 is 1.80 bits per heavy atom. The van der Waals surface area contributed by atoms with Crippen LogP contribution >= 0.6 is 0 Å². The van der Waals surface area contributed by atoms with Crippen LogP contribution in [0.25, 0.3) is 0 Å². The van der Waals surface area contributed by atoms with E-state index in [0.717, 1.165) is 0 Å². The third-order valence-electron chi connectivity index (χ3n) is 3.77. The molecule has 7 heteroatoms. The maximum absolute atomic E-state index is 13.2. The van der Waals surface area contributed by atoms with Crippen LogP contribution < -0.4 is 20.1 Å². The summed E-state index contributed by atoms with van der Waals surface area (Å²) in [6.07, 6.45) is -0.888. The van der Waals surface area contributed by atoms with Gasteiger partial charge >= 0.3 is 0 Å². The fourth-order valence-corrected chi connectivity index (χ4v) is 2.52. The van der Waals surface area contributed by atoms with Crippen molar-refractivity contribution in [3.05, 3.63) is 54.3 Å². The summed E-state index contributed by atoms with van der Waals surface area (Å²) in [5.74, 6) is -0.302. The first-order chi connectivity index (χ1) is 12.0. The molecule has 0 fully saturated rings. The van der Waals surface area contributed by atoms with E-state index >= 15 is 0 Å². The predicted molar refractivity (Wildman–Crippen MR) is 88.9 cm³/mol. The monoisotopic (exact) mass is 344 g/mol. The number of nitrogens with two attached hydrogens (primary N) is 1. The number of ether oxygens (including phenoxy) is 2. The van der Waals surface area contributed by atoms with Crippen molar-refractivity contribution in [3.8, 4) is 11.5 Å². The summed E-state index contributed by atoms with van der Waals surface area (Å²) in [5.41, 5.74) is 5.65. The van der Waals surface area contributed by atoms with Crippen molar-refractivity contribution in [2.24, 2.45) is 5.73 Å². The molecule has 1 atom stereocenters. The molecule has 6 nitrogen and oxygen atoms in total. The number of hydrogen-bond acceptors (Lipinski definition) is 4. The smallest absolute Gasteiger partial charge is 0.271 e. The van der Waals surface area contributed by atoms with Gasteiger partial charge in [0, 0.05) is 18.7 Å². The topological polar surface area (TPSA) is 81.9 Å². The van der Waals surface area contributed by atoms with E-state index in [1.165, 1.54) is 29.2 Å². The van der Waals surface area contributed by atoms with Gasteiger partial charge in [0.1, 0.15) is 12.4 Å². The number of rotatable bonds is 5. The molecule has 0 aromatic heterocycles. The molecule has 1 aliphatic heterocycles. The number of carbonyl (C=O) groups excluding carboxylic acids is 2. The van der Waals surface area contributed by atoms with Gasteiger partial charge in [0.15, 0.2) is 11.5 Å². The second-order valence-electron chi connectivity index (χ2n) is 5.55. The fourth-order valence-electron chi connectivity index (χ4n) is 2.52. The first-order valence-corrected chi connectivity index (χ1v) is 7.78. The Bertz CT molecular complexity index is 779. The van der Waals surface area contributed by atoms with Crippen molar-refractivity contribution in [2.45, 2.75) is 12.5 Å². The molecular weight excluding hydrogens is 327 g/mol. The summed E-state index contributed by atoms with van der Waals surface area (Å²) in [5, 5.41) is 0. The zero-order valence-corrected chi connectivity index (χ0v) is 13.4. The van der Waals surface area contributed by atoms with Gasteiger partial charge in [-0.25, -0.2) is 4.39 Å². The van der Waals surface area contributed by atoms with E-state index in [2.05, 4.69) is 0 Å². The van der Waals surface area contributed by atoms with Crippen molar-refractivity contribution < 1.29 is 23.5 Å². The van der Waals surface area contributed by atoms with Crippen LogP contribution in [0, 0.1) is 5.82 Å². The van der Waals surface area contributed by atoms with Crippen LogP contribution in [0.2, 0.25) is 0 Å². The van der Waals surface area contributed by atoms with Crippen LogP contribution in [0.4, 0.5) is 10.1 Å². The molecule has 2 N–H and O–H groups in total. The molecule has 1 heterocycles. The van der Waals surface area contributed by atoms with Gasteiger partial charge in [0.05, 0.1) is 0 Å². The SMILES string of the molecule is NC(=O)CCN(C(=O)C1COc2ccccc2O1)c1ccc(F)cc1. The lowest BCUT2D eigenvalue weighted by molar-refractivity contribution is -0.127. The number of primary amides is 1. The number of benzene rings is 2. The van der Waals surface area contributed by atoms with Gasteiger partial charge in [-0.2, -0.15) is 0 Å². The van der Waals surface area contributed by atoms with Crippen LogP contribution in [0.5, 0.6) is 11.5 Å². The highest BCUT2D eigenvalue weighted by Gasteiger charge is 2.31. The predicted octanol–water partition coefficient (Wildman–Crippen LogP) is 1.87. The van der Waals surface area contributed by atoms with Crippen molar-refractivity contribution in [2.75, 3.05) is 18.1 Å². The van der Waals surface area contributed by atoms with Gasteiger partial charge in [0.25, 0.3) is 5.91 Å². The molecular formula is C18H17FN2O4. The first kappa shape index (κ1) is 16.8. The zero-order valence-electron chi connectivity index (χ0n) is 13.4. The molecule has 0 bridgehead atoms. The van der Waals surface area contributed by atoms with E-state index in [1.807, 2.05) is 6.07 Å². The molecule has 2 aromatic rings. The number of para-hydroxylation sites is 2. The normalized spacial score (nSPS) is 15.5. The maximum Gasteiger partial charge on any atom is 0.271 e. The molecule has 0 spiro atoms. The number of amides is 2. The summed E-state index contributed by atoms with van der Waals surface area (Å²) in [6.45, 7) is 0.116. The fraction of sp³-hybridized carbons (Fsp3) is 0.222. The lowest BCUT2D eigenvalue weighted by atomic mass is 10.2. The lowest BCUT2D eigenvalue weighted by Gasteiger charge is -2.30. The van der Waals surface area contributed by atoms with Gasteiger partial charge in [-0.1, -0.05) is 12.1 Å². The summed E-state index contributed by atoms with van der Waals surface area (Å²) in [6, 6.07) is 12.5. The number of carbonyl (C=O) groups is 2. The maximum atomic E-state index is 13.2. The molecule has 130 valence electrons. The summed E-state index contributed by atoms with van der Waals surface area (Å²) in [4.78, 5) is 25.4. The molecule has 0 saturated heterocycles. The van der Waals surface area contributed by atoms with Crippen molar-refractivity contribution >= 4 is 17.5 Å². The van der Waals surface area contributed by atoms with Gasteiger partial charge in [-0.3, -0.25) is 9.59 Å². The Labute approximate surface area is 143 Å². The number of fused-ring (bicyclic) bond motifs is 1.